The minimum atomic E-state index is 0.665. The maximum absolute atomic E-state index is 10.5. The predicted octanol–water partition coefficient (Wildman–Crippen LogP) is 3.08. The summed E-state index contributed by atoms with van der Waals surface area (Å²) < 4.78 is 5.79. The number of hydrogen-bond acceptors (Lipinski definition) is 2. The first-order chi connectivity index (χ1) is 8.35. The predicted molar refractivity (Wildman–Crippen MR) is 69.1 cm³/mol. The van der Waals surface area contributed by atoms with Crippen molar-refractivity contribution >= 4 is 18.2 Å². The van der Waals surface area contributed by atoms with Gasteiger partial charge in [0.25, 0.3) is 0 Å². The molecule has 0 aliphatic heterocycles. The molecule has 17 heavy (non-hydrogen) atoms. The number of benzene rings is 1. The number of amides is 1. The normalized spacial score (nSPS) is 14.8. The Morgan fingerprint density at radius 1 is 1.47 bits per heavy atom. The third-order valence-electron chi connectivity index (χ3n) is 3.18. The average molecular weight is 231 g/mol. The highest BCUT2D eigenvalue weighted by atomic mass is 16.5. The SMILES string of the molecule is C=Cc1c(NC=O)cccc1OCC1CCC1. The zero-order valence-electron chi connectivity index (χ0n) is 9.82. The van der Waals surface area contributed by atoms with Gasteiger partial charge in [0, 0.05) is 5.56 Å². The molecule has 0 radical (unpaired) electrons. The number of carbonyl (C=O) groups excluding carboxylic acids is 1. The van der Waals surface area contributed by atoms with E-state index in [1.54, 1.807) is 6.08 Å². The Hall–Kier alpha value is -1.77. The van der Waals surface area contributed by atoms with Crippen LogP contribution in [-0.2, 0) is 4.79 Å². The van der Waals surface area contributed by atoms with E-state index in [2.05, 4.69) is 11.9 Å². The standard InChI is InChI=1S/C14H17NO2/c1-2-12-13(15-10-16)7-4-8-14(12)17-9-11-5-3-6-11/h2,4,7-8,10-11H,1,3,5-6,9H2,(H,15,16). The molecule has 0 unspecified atom stereocenters. The summed E-state index contributed by atoms with van der Waals surface area (Å²) in [7, 11) is 0. The maximum atomic E-state index is 10.5. The summed E-state index contributed by atoms with van der Waals surface area (Å²) in [5, 5.41) is 2.65. The number of anilines is 1. The topological polar surface area (TPSA) is 38.3 Å². The van der Waals surface area contributed by atoms with Crippen molar-refractivity contribution < 1.29 is 9.53 Å². The molecule has 1 saturated carbocycles. The summed E-state index contributed by atoms with van der Waals surface area (Å²) in [4.78, 5) is 10.5. The van der Waals surface area contributed by atoms with Crippen molar-refractivity contribution in [2.75, 3.05) is 11.9 Å². The number of hydrogen-bond donors (Lipinski definition) is 1. The van der Waals surface area contributed by atoms with Crippen LogP contribution in [0.3, 0.4) is 0 Å². The molecular weight excluding hydrogens is 214 g/mol. The van der Waals surface area contributed by atoms with Crippen molar-refractivity contribution in [3.8, 4) is 5.75 Å². The Kier molecular flexibility index (Phi) is 3.81. The van der Waals surface area contributed by atoms with Crippen LogP contribution in [0.25, 0.3) is 6.08 Å². The number of rotatable bonds is 6. The first kappa shape index (κ1) is 11.7. The third kappa shape index (κ3) is 2.67. The van der Waals surface area contributed by atoms with Crippen LogP contribution in [0, 0.1) is 5.92 Å². The summed E-state index contributed by atoms with van der Waals surface area (Å²) in [6.45, 7) is 4.52. The monoisotopic (exact) mass is 231 g/mol. The van der Waals surface area contributed by atoms with Gasteiger partial charge in [-0.2, -0.15) is 0 Å². The van der Waals surface area contributed by atoms with E-state index < -0.39 is 0 Å². The van der Waals surface area contributed by atoms with Crippen LogP contribution in [0.2, 0.25) is 0 Å². The summed E-state index contributed by atoms with van der Waals surface area (Å²) in [5.74, 6) is 1.48. The molecule has 0 spiro atoms. The van der Waals surface area contributed by atoms with Gasteiger partial charge in [-0.15, -0.1) is 0 Å². The van der Waals surface area contributed by atoms with E-state index in [0.717, 1.165) is 23.6 Å². The quantitative estimate of drug-likeness (QED) is 0.764. The van der Waals surface area contributed by atoms with Crippen molar-refractivity contribution in [1.29, 1.82) is 0 Å². The van der Waals surface area contributed by atoms with Crippen LogP contribution >= 0.6 is 0 Å². The fourth-order valence-electron chi connectivity index (χ4n) is 1.94. The molecule has 3 nitrogen and oxygen atoms in total. The Morgan fingerprint density at radius 3 is 2.88 bits per heavy atom. The lowest BCUT2D eigenvalue weighted by Crippen LogP contribution is -2.19. The van der Waals surface area contributed by atoms with Crippen LogP contribution in [0.5, 0.6) is 5.75 Å². The number of nitrogens with one attached hydrogen (secondary N) is 1. The van der Waals surface area contributed by atoms with E-state index in [-0.39, 0.29) is 0 Å². The molecule has 90 valence electrons. The molecule has 1 aromatic carbocycles. The molecule has 0 heterocycles. The van der Waals surface area contributed by atoms with Crippen LogP contribution in [0.15, 0.2) is 24.8 Å². The van der Waals surface area contributed by atoms with Gasteiger partial charge < -0.3 is 10.1 Å². The Bertz CT molecular complexity index is 411. The van der Waals surface area contributed by atoms with E-state index in [4.69, 9.17) is 4.74 Å². The van der Waals surface area contributed by atoms with E-state index in [0.29, 0.717) is 12.3 Å². The number of ether oxygens (including phenoxy) is 1. The Balaban J connectivity index is 2.10. The molecule has 0 saturated heterocycles. The second kappa shape index (κ2) is 5.53. The molecule has 1 amide bonds. The molecule has 0 atom stereocenters. The molecule has 1 fully saturated rings. The molecular formula is C14H17NO2. The van der Waals surface area contributed by atoms with E-state index in [9.17, 15) is 4.79 Å². The molecule has 3 heteroatoms. The molecule has 0 aromatic heterocycles. The van der Waals surface area contributed by atoms with Gasteiger partial charge in [-0.25, -0.2) is 0 Å². The second-order valence-electron chi connectivity index (χ2n) is 4.29. The third-order valence-corrected chi connectivity index (χ3v) is 3.18. The summed E-state index contributed by atoms with van der Waals surface area (Å²) in [6, 6.07) is 5.61. The van der Waals surface area contributed by atoms with E-state index in [1.165, 1.54) is 19.3 Å². The Labute approximate surface area is 101 Å². The zero-order valence-corrected chi connectivity index (χ0v) is 9.82. The average Bonchev–Trinajstić information content (AvgIpc) is 2.28. The highest BCUT2D eigenvalue weighted by Gasteiger charge is 2.18. The van der Waals surface area contributed by atoms with Crippen molar-refractivity contribution in [2.24, 2.45) is 5.92 Å². The summed E-state index contributed by atoms with van der Waals surface area (Å²) in [5.41, 5.74) is 1.58. The summed E-state index contributed by atoms with van der Waals surface area (Å²) in [6.07, 6.45) is 6.21. The summed E-state index contributed by atoms with van der Waals surface area (Å²) >= 11 is 0. The molecule has 1 aliphatic rings. The van der Waals surface area contributed by atoms with E-state index >= 15 is 0 Å². The lowest BCUT2D eigenvalue weighted by molar-refractivity contribution is -0.105. The van der Waals surface area contributed by atoms with Crippen molar-refractivity contribution in [1.82, 2.24) is 0 Å². The fourth-order valence-corrected chi connectivity index (χ4v) is 1.94. The van der Waals surface area contributed by atoms with Crippen molar-refractivity contribution in [2.45, 2.75) is 19.3 Å². The minimum Gasteiger partial charge on any atom is -0.493 e. The van der Waals surface area contributed by atoms with Crippen LogP contribution in [0.4, 0.5) is 5.69 Å². The Morgan fingerprint density at radius 2 is 2.29 bits per heavy atom. The highest BCUT2D eigenvalue weighted by Crippen LogP contribution is 2.31. The maximum Gasteiger partial charge on any atom is 0.211 e. The van der Waals surface area contributed by atoms with E-state index in [1.807, 2.05) is 18.2 Å². The zero-order chi connectivity index (χ0) is 12.1. The van der Waals surface area contributed by atoms with Gasteiger partial charge in [-0.1, -0.05) is 25.1 Å². The molecule has 2 rings (SSSR count). The smallest absolute Gasteiger partial charge is 0.211 e. The second-order valence-corrected chi connectivity index (χ2v) is 4.29. The van der Waals surface area contributed by atoms with Crippen LogP contribution in [-0.4, -0.2) is 13.0 Å². The largest absolute Gasteiger partial charge is 0.493 e. The lowest BCUT2D eigenvalue weighted by atomic mass is 9.86. The van der Waals surface area contributed by atoms with Crippen molar-refractivity contribution in [3.05, 3.63) is 30.3 Å². The van der Waals surface area contributed by atoms with Gasteiger partial charge >= 0.3 is 0 Å². The van der Waals surface area contributed by atoms with Crippen molar-refractivity contribution in [3.63, 3.8) is 0 Å². The first-order valence-electron chi connectivity index (χ1n) is 5.93. The molecule has 1 aliphatic carbocycles. The number of carbonyl (C=O) groups is 1. The van der Waals surface area contributed by atoms with Crippen LogP contribution < -0.4 is 10.1 Å². The molecule has 0 bridgehead atoms. The van der Waals surface area contributed by atoms with Gasteiger partial charge in [0.1, 0.15) is 5.75 Å². The van der Waals surface area contributed by atoms with Gasteiger partial charge in [-0.05, 0) is 30.9 Å². The van der Waals surface area contributed by atoms with Gasteiger partial charge in [0.15, 0.2) is 0 Å². The van der Waals surface area contributed by atoms with Crippen LogP contribution in [0.1, 0.15) is 24.8 Å². The highest BCUT2D eigenvalue weighted by molar-refractivity contribution is 5.80. The molecule has 1 N–H and O–H groups in total. The van der Waals surface area contributed by atoms with Gasteiger partial charge in [0.2, 0.25) is 6.41 Å². The first-order valence-corrected chi connectivity index (χ1v) is 5.93. The van der Waals surface area contributed by atoms with Gasteiger partial charge in [0.05, 0.1) is 12.3 Å². The van der Waals surface area contributed by atoms with Gasteiger partial charge in [-0.3, -0.25) is 4.79 Å². The fraction of sp³-hybridized carbons (Fsp3) is 0.357. The molecule has 1 aromatic rings. The lowest BCUT2D eigenvalue weighted by Gasteiger charge is -2.25. The minimum absolute atomic E-state index is 0.665.